The molecule has 0 aliphatic rings. The molecule has 0 bridgehead atoms. The maximum Gasteiger partial charge on any atom is 0.309 e. The summed E-state index contributed by atoms with van der Waals surface area (Å²) in [7, 11) is 1.35. The predicted octanol–water partition coefficient (Wildman–Crippen LogP) is 0.943. The van der Waals surface area contributed by atoms with Crippen LogP contribution in [-0.2, 0) is 9.53 Å². The first-order valence-corrected chi connectivity index (χ1v) is 4.43. The largest absolute Gasteiger partial charge is 0.469 e. The van der Waals surface area contributed by atoms with Crippen molar-refractivity contribution in [1.82, 2.24) is 4.98 Å². The molecule has 0 spiro atoms. The number of nitrogen functional groups attached to an aromatic ring is 1. The fourth-order valence-corrected chi connectivity index (χ4v) is 0.984. The van der Waals surface area contributed by atoms with Gasteiger partial charge in [-0.2, -0.15) is 0 Å². The van der Waals surface area contributed by atoms with Crippen LogP contribution in [0.2, 0.25) is 0 Å². The number of anilines is 1. The highest BCUT2D eigenvalue weighted by molar-refractivity contribution is 5.72. The average Bonchev–Trinajstić information content (AvgIpc) is 2.29. The second-order valence-electron chi connectivity index (χ2n) is 2.77. The van der Waals surface area contributed by atoms with Gasteiger partial charge in [-0.15, -0.1) is 0 Å². The highest BCUT2D eigenvalue weighted by Crippen LogP contribution is 2.05. The van der Waals surface area contributed by atoms with Crippen molar-refractivity contribution >= 4 is 17.9 Å². The Balaban J connectivity index is 2.59. The van der Waals surface area contributed by atoms with Gasteiger partial charge >= 0.3 is 5.97 Å². The van der Waals surface area contributed by atoms with E-state index in [1.165, 1.54) is 7.11 Å². The van der Waals surface area contributed by atoms with E-state index in [0.717, 1.165) is 5.69 Å². The average molecular weight is 207 g/mol. The zero-order valence-corrected chi connectivity index (χ0v) is 8.43. The first-order chi connectivity index (χ1) is 7.26. The molecule has 0 saturated carbocycles. The predicted molar refractivity (Wildman–Crippen MR) is 57.7 cm³/mol. The van der Waals surface area contributed by atoms with Gasteiger partial charge in [-0.25, -0.2) is 10.8 Å². The number of carbonyl (C=O) groups excluding carboxylic acids is 1. The molecule has 5 nitrogen and oxygen atoms in total. The molecule has 0 aliphatic carbocycles. The smallest absolute Gasteiger partial charge is 0.309 e. The Kier molecular flexibility index (Phi) is 4.30. The van der Waals surface area contributed by atoms with E-state index in [1.54, 1.807) is 18.2 Å². The molecule has 0 fully saturated rings. The lowest BCUT2D eigenvalue weighted by Gasteiger charge is -1.99. The molecule has 0 amide bonds. The van der Waals surface area contributed by atoms with Crippen LogP contribution in [0.25, 0.3) is 6.08 Å². The van der Waals surface area contributed by atoms with Crippen molar-refractivity contribution in [2.75, 3.05) is 12.5 Å². The standard InChI is InChI=1S/C10H13N3O2/c1-15-10(14)7-3-5-8-4-2-6-9(12-8)13-11/h2-6H,7,11H2,1H3,(H,12,13). The van der Waals surface area contributed by atoms with E-state index in [2.05, 4.69) is 15.1 Å². The van der Waals surface area contributed by atoms with Crippen molar-refractivity contribution < 1.29 is 9.53 Å². The van der Waals surface area contributed by atoms with E-state index in [4.69, 9.17) is 5.84 Å². The third-order valence-electron chi connectivity index (χ3n) is 1.72. The van der Waals surface area contributed by atoms with Crippen LogP contribution in [0.1, 0.15) is 12.1 Å². The highest BCUT2D eigenvalue weighted by atomic mass is 16.5. The molecule has 0 radical (unpaired) electrons. The second-order valence-corrected chi connectivity index (χ2v) is 2.77. The number of methoxy groups -OCH3 is 1. The summed E-state index contributed by atoms with van der Waals surface area (Å²) < 4.78 is 4.49. The molecule has 0 aromatic carbocycles. The molecule has 80 valence electrons. The highest BCUT2D eigenvalue weighted by Gasteiger charge is 1.95. The summed E-state index contributed by atoms with van der Waals surface area (Å²) in [6.07, 6.45) is 3.66. The molecule has 0 aliphatic heterocycles. The van der Waals surface area contributed by atoms with Gasteiger partial charge in [0.15, 0.2) is 0 Å². The number of pyridine rings is 1. The van der Waals surface area contributed by atoms with Crippen molar-refractivity contribution in [2.45, 2.75) is 6.42 Å². The normalized spacial score (nSPS) is 10.3. The van der Waals surface area contributed by atoms with Gasteiger partial charge in [0.25, 0.3) is 0 Å². The zero-order chi connectivity index (χ0) is 11.1. The number of ether oxygens (including phenoxy) is 1. The number of aromatic nitrogens is 1. The number of hydrogen-bond acceptors (Lipinski definition) is 5. The molecule has 0 atom stereocenters. The third-order valence-corrected chi connectivity index (χ3v) is 1.72. The molecule has 1 rings (SSSR count). The molecule has 15 heavy (non-hydrogen) atoms. The lowest BCUT2D eigenvalue weighted by Crippen LogP contribution is -2.08. The topological polar surface area (TPSA) is 77.2 Å². The monoisotopic (exact) mass is 207 g/mol. The lowest BCUT2D eigenvalue weighted by atomic mass is 10.3. The molecule has 0 unspecified atom stereocenters. The van der Waals surface area contributed by atoms with Crippen LogP contribution in [0, 0.1) is 0 Å². The van der Waals surface area contributed by atoms with E-state index < -0.39 is 0 Å². The van der Waals surface area contributed by atoms with Gasteiger partial charge in [-0.05, 0) is 18.2 Å². The van der Waals surface area contributed by atoms with E-state index >= 15 is 0 Å². The maximum absolute atomic E-state index is 10.8. The summed E-state index contributed by atoms with van der Waals surface area (Å²) in [6, 6.07) is 5.38. The van der Waals surface area contributed by atoms with Crippen molar-refractivity contribution in [3.05, 3.63) is 30.0 Å². The van der Waals surface area contributed by atoms with Gasteiger partial charge in [0.2, 0.25) is 0 Å². The summed E-state index contributed by atoms with van der Waals surface area (Å²) in [4.78, 5) is 14.9. The molecular formula is C10H13N3O2. The third kappa shape index (κ3) is 3.78. The van der Waals surface area contributed by atoms with Crippen LogP contribution in [0.5, 0.6) is 0 Å². The van der Waals surface area contributed by atoms with Crippen LogP contribution < -0.4 is 11.3 Å². The fourth-order valence-electron chi connectivity index (χ4n) is 0.984. The van der Waals surface area contributed by atoms with Gasteiger partial charge in [0.05, 0.1) is 19.2 Å². The van der Waals surface area contributed by atoms with E-state index in [-0.39, 0.29) is 12.4 Å². The minimum Gasteiger partial charge on any atom is -0.469 e. The minimum absolute atomic E-state index is 0.235. The van der Waals surface area contributed by atoms with Gasteiger partial charge in [0.1, 0.15) is 5.82 Å². The van der Waals surface area contributed by atoms with Gasteiger partial charge in [-0.1, -0.05) is 12.1 Å². The molecule has 1 aromatic heterocycles. The summed E-state index contributed by atoms with van der Waals surface area (Å²) in [5, 5.41) is 0. The number of nitrogens with two attached hydrogens (primary N) is 1. The number of hydrazine groups is 1. The second kappa shape index (κ2) is 5.77. The quantitative estimate of drug-likeness (QED) is 0.436. The number of esters is 1. The number of hydrogen-bond donors (Lipinski definition) is 2. The molecule has 1 aromatic rings. The summed E-state index contributed by atoms with van der Waals surface area (Å²) in [6.45, 7) is 0. The van der Waals surface area contributed by atoms with Gasteiger partial charge in [-0.3, -0.25) is 4.79 Å². The molecule has 1 heterocycles. The molecule has 0 saturated heterocycles. The molecule has 5 heteroatoms. The first kappa shape index (κ1) is 11.2. The van der Waals surface area contributed by atoms with Crippen LogP contribution in [-0.4, -0.2) is 18.1 Å². The summed E-state index contributed by atoms with van der Waals surface area (Å²) in [5.74, 6) is 5.51. The minimum atomic E-state index is -0.278. The Bertz CT molecular complexity index is 363. The number of carbonyl (C=O) groups is 1. The Hall–Kier alpha value is -1.88. The summed E-state index contributed by atoms with van der Waals surface area (Å²) >= 11 is 0. The first-order valence-electron chi connectivity index (χ1n) is 4.43. The molecule has 3 N–H and O–H groups in total. The van der Waals surface area contributed by atoms with E-state index in [9.17, 15) is 4.79 Å². The maximum atomic E-state index is 10.8. The Morgan fingerprint density at radius 1 is 1.67 bits per heavy atom. The SMILES string of the molecule is COC(=O)CC=Cc1cccc(NN)n1. The Morgan fingerprint density at radius 3 is 3.13 bits per heavy atom. The number of nitrogens with zero attached hydrogens (tertiary/aromatic N) is 1. The Morgan fingerprint density at radius 2 is 2.47 bits per heavy atom. The zero-order valence-electron chi connectivity index (χ0n) is 8.43. The number of rotatable bonds is 4. The van der Waals surface area contributed by atoms with Gasteiger partial charge < -0.3 is 10.2 Å². The number of nitrogens with one attached hydrogen (secondary N) is 1. The Labute approximate surface area is 87.9 Å². The van der Waals surface area contributed by atoms with Crippen molar-refractivity contribution in [2.24, 2.45) is 5.84 Å². The van der Waals surface area contributed by atoms with Crippen LogP contribution >= 0.6 is 0 Å². The van der Waals surface area contributed by atoms with Crippen LogP contribution in [0.15, 0.2) is 24.3 Å². The van der Waals surface area contributed by atoms with Crippen molar-refractivity contribution in [3.8, 4) is 0 Å². The van der Waals surface area contributed by atoms with Crippen molar-refractivity contribution in [1.29, 1.82) is 0 Å². The lowest BCUT2D eigenvalue weighted by molar-refractivity contribution is -0.139. The van der Waals surface area contributed by atoms with Crippen molar-refractivity contribution in [3.63, 3.8) is 0 Å². The van der Waals surface area contributed by atoms with E-state index in [0.29, 0.717) is 5.82 Å². The van der Waals surface area contributed by atoms with Gasteiger partial charge in [0, 0.05) is 0 Å². The van der Waals surface area contributed by atoms with Crippen LogP contribution in [0.4, 0.5) is 5.82 Å². The molecular weight excluding hydrogens is 194 g/mol. The van der Waals surface area contributed by atoms with E-state index in [1.807, 2.05) is 12.1 Å². The fraction of sp³-hybridized carbons (Fsp3) is 0.200. The summed E-state index contributed by atoms with van der Waals surface area (Å²) in [5.41, 5.74) is 3.17. The van der Waals surface area contributed by atoms with Crippen LogP contribution in [0.3, 0.4) is 0 Å².